The van der Waals surface area contributed by atoms with Gasteiger partial charge in [-0.1, -0.05) is 0 Å². The predicted molar refractivity (Wildman–Crippen MR) is 63.1 cm³/mol. The SMILES string of the molecule is Cc1ncsc1C(=O)N1CCC(CC(=O)O)C1. The summed E-state index contributed by atoms with van der Waals surface area (Å²) in [5.41, 5.74) is 2.41. The van der Waals surface area contributed by atoms with Crippen molar-refractivity contribution in [3.63, 3.8) is 0 Å². The average Bonchev–Trinajstić information content (AvgIpc) is 2.85. The molecular weight excluding hydrogens is 240 g/mol. The Hall–Kier alpha value is -1.43. The van der Waals surface area contributed by atoms with Crippen LogP contribution in [0.4, 0.5) is 0 Å². The van der Waals surface area contributed by atoms with Gasteiger partial charge in [0.1, 0.15) is 4.88 Å². The number of aliphatic carboxylic acids is 1. The summed E-state index contributed by atoms with van der Waals surface area (Å²) in [5.74, 6) is -0.721. The number of likely N-dealkylation sites (tertiary alicyclic amines) is 1. The van der Waals surface area contributed by atoms with E-state index >= 15 is 0 Å². The van der Waals surface area contributed by atoms with E-state index in [9.17, 15) is 9.59 Å². The summed E-state index contributed by atoms with van der Waals surface area (Å²) in [6.45, 7) is 3.01. The van der Waals surface area contributed by atoms with E-state index in [1.807, 2.05) is 6.92 Å². The second-order valence-corrected chi connectivity index (χ2v) is 5.13. The quantitative estimate of drug-likeness (QED) is 0.884. The second kappa shape index (κ2) is 4.83. The number of nitrogens with zero attached hydrogens (tertiary/aromatic N) is 2. The van der Waals surface area contributed by atoms with Gasteiger partial charge in [0.2, 0.25) is 0 Å². The molecular formula is C11H14N2O3S. The Morgan fingerprint density at radius 1 is 1.65 bits per heavy atom. The maximum atomic E-state index is 12.1. The normalized spacial score (nSPS) is 19.6. The lowest BCUT2D eigenvalue weighted by Gasteiger charge is -2.15. The van der Waals surface area contributed by atoms with Crippen LogP contribution in [-0.4, -0.2) is 40.0 Å². The van der Waals surface area contributed by atoms with E-state index in [2.05, 4.69) is 4.98 Å². The zero-order valence-corrected chi connectivity index (χ0v) is 10.4. The zero-order chi connectivity index (χ0) is 12.4. The molecule has 92 valence electrons. The molecule has 17 heavy (non-hydrogen) atoms. The molecule has 1 amide bonds. The van der Waals surface area contributed by atoms with Crippen molar-refractivity contribution in [3.05, 3.63) is 16.1 Å². The smallest absolute Gasteiger partial charge is 0.303 e. The molecule has 1 fully saturated rings. The molecule has 1 N–H and O–H groups in total. The first-order valence-electron chi connectivity index (χ1n) is 5.49. The molecule has 0 aromatic carbocycles. The number of aromatic nitrogens is 1. The number of amides is 1. The monoisotopic (exact) mass is 254 g/mol. The Bertz CT molecular complexity index is 444. The number of carbonyl (C=O) groups excluding carboxylic acids is 1. The summed E-state index contributed by atoms with van der Waals surface area (Å²) >= 11 is 1.34. The number of carboxylic acid groups (broad SMARTS) is 1. The van der Waals surface area contributed by atoms with Crippen LogP contribution < -0.4 is 0 Å². The molecule has 1 atom stereocenters. The molecule has 5 nitrogen and oxygen atoms in total. The van der Waals surface area contributed by atoms with Gasteiger partial charge in [-0.3, -0.25) is 9.59 Å². The van der Waals surface area contributed by atoms with Gasteiger partial charge in [0.25, 0.3) is 5.91 Å². The molecule has 1 saturated heterocycles. The Morgan fingerprint density at radius 3 is 3.00 bits per heavy atom. The van der Waals surface area contributed by atoms with Crippen molar-refractivity contribution >= 4 is 23.2 Å². The van der Waals surface area contributed by atoms with Crippen LogP contribution in [0.15, 0.2) is 5.51 Å². The Labute approximate surface area is 103 Å². The molecule has 1 aromatic heterocycles. The van der Waals surface area contributed by atoms with E-state index in [1.54, 1.807) is 10.4 Å². The van der Waals surface area contributed by atoms with Gasteiger partial charge in [0.15, 0.2) is 0 Å². The summed E-state index contributed by atoms with van der Waals surface area (Å²) in [6.07, 6.45) is 0.918. The number of carboxylic acids is 1. The van der Waals surface area contributed by atoms with E-state index in [0.29, 0.717) is 18.0 Å². The van der Waals surface area contributed by atoms with Crippen LogP contribution >= 0.6 is 11.3 Å². The molecule has 1 aliphatic rings. The largest absolute Gasteiger partial charge is 0.481 e. The standard InChI is InChI=1S/C11H14N2O3S/c1-7-10(17-6-12-7)11(16)13-3-2-8(5-13)4-9(14)15/h6,8H,2-5H2,1H3,(H,14,15). The van der Waals surface area contributed by atoms with Gasteiger partial charge in [-0.15, -0.1) is 11.3 Å². The fourth-order valence-electron chi connectivity index (χ4n) is 2.08. The van der Waals surface area contributed by atoms with Crippen LogP contribution in [0.2, 0.25) is 0 Å². The van der Waals surface area contributed by atoms with E-state index in [0.717, 1.165) is 12.1 Å². The molecule has 0 bridgehead atoms. The molecule has 2 rings (SSSR count). The van der Waals surface area contributed by atoms with Gasteiger partial charge < -0.3 is 10.0 Å². The first-order chi connectivity index (χ1) is 8.08. The molecule has 2 heterocycles. The topological polar surface area (TPSA) is 70.5 Å². The van der Waals surface area contributed by atoms with Gasteiger partial charge in [-0.05, 0) is 19.3 Å². The van der Waals surface area contributed by atoms with Crippen LogP contribution in [0.5, 0.6) is 0 Å². The van der Waals surface area contributed by atoms with Gasteiger partial charge in [-0.25, -0.2) is 4.98 Å². The van der Waals surface area contributed by atoms with Crippen molar-refractivity contribution in [1.29, 1.82) is 0 Å². The Kier molecular flexibility index (Phi) is 3.42. The van der Waals surface area contributed by atoms with E-state index in [-0.39, 0.29) is 18.2 Å². The van der Waals surface area contributed by atoms with Crippen molar-refractivity contribution in [1.82, 2.24) is 9.88 Å². The number of carbonyl (C=O) groups is 2. The highest BCUT2D eigenvalue weighted by Gasteiger charge is 2.29. The van der Waals surface area contributed by atoms with Crippen LogP contribution in [0, 0.1) is 12.8 Å². The van der Waals surface area contributed by atoms with E-state index < -0.39 is 5.97 Å². The van der Waals surface area contributed by atoms with Crippen molar-refractivity contribution in [2.45, 2.75) is 19.8 Å². The first-order valence-corrected chi connectivity index (χ1v) is 6.37. The predicted octanol–water partition coefficient (Wildman–Crippen LogP) is 1.39. The van der Waals surface area contributed by atoms with Crippen molar-refractivity contribution < 1.29 is 14.7 Å². The number of hydrogen-bond donors (Lipinski definition) is 1. The lowest BCUT2D eigenvalue weighted by molar-refractivity contribution is -0.138. The molecule has 6 heteroatoms. The fraction of sp³-hybridized carbons (Fsp3) is 0.545. The molecule has 0 radical (unpaired) electrons. The van der Waals surface area contributed by atoms with E-state index in [1.165, 1.54) is 11.3 Å². The fourth-order valence-corrected chi connectivity index (χ4v) is 2.85. The maximum absolute atomic E-state index is 12.1. The summed E-state index contributed by atoms with van der Waals surface area (Å²) in [5, 5.41) is 8.72. The minimum absolute atomic E-state index is 0.0158. The third-order valence-electron chi connectivity index (χ3n) is 2.98. The number of thiazole rings is 1. The molecule has 1 aliphatic heterocycles. The van der Waals surface area contributed by atoms with Gasteiger partial charge >= 0.3 is 5.97 Å². The maximum Gasteiger partial charge on any atom is 0.303 e. The average molecular weight is 254 g/mol. The number of hydrogen-bond acceptors (Lipinski definition) is 4. The Balaban J connectivity index is 1.99. The molecule has 0 aliphatic carbocycles. The third-order valence-corrected chi connectivity index (χ3v) is 3.89. The van der Waals surface area contributed by atoms with Crippen molar-refractivity contribution in [2.75, 3.05) is 13.1 Å². The number of rotatable bonds is 3. The highest BCUT2D eigenvalue weighted by molar-refractivity contribution is 7.11. The summed E-state index contributed by atoms with van der Waals surface area (Å²) in [4.78, 5) is 29.2. The minimum atomic E-state index is -0.793. The molecule has 0 spiro atoms. The van der Waals surface area contributed by atoms with Crippen molar-refractivity contribution in [3.8, 4) is 0 Å². The second-order valence-electron chi connectivity index (χ2n) is 4.27. The summed E-state index contributed by atoms with van der Waals surface area (Å²) < 4.78 is 0. The van der Waals surface area contributed by atoms with Crippen LogP contribution in [0.3, 0.4) is 0 Å². The summed E-state index contributed by atoms with van der Waals surface area (Å²) in [6, 6.07) is 0. The zero-order valence-electron chi connectivity index (χ0n) is 9.55. The number of aryl methyl sites for hydroxylation is 1. The van der Waals surface area contributed by atoms with Crippen LogP contribution in [-0.2, 0) is 4.79 Å². The summed E-state index contributed by atoms with van der Waals surface area (Å²) in [7, 11) is 0. The van der Waals surface area contributed by atoms with Gasteiger partial charge in [0, 0.05) is 19.5 Å². The van der Waals surface area contributed by atoms with E-state index in [4.69, 9.17) is 5.11 Å². The molecule has 0 saturated carbocycles. The van der Waals surface area contributed by atoms with Crippen LogP contribution in [0.1, 0.15) is 28.2 Å². The lowest BCUT2D eigenvalue weighted by Crippen LogP contribution is -2.28. The third kappa shape index (κ3) is 2.63. The van der Waals surface area contributed by atoms with Gasteiger partial charge in [-0.2, -0.15) is 0 Å². The lowest BCUT2D eigenvalue weighted by atomic mass is 10.1. The van der Waals surface area contributed by atoms with Crippen LogP contribution in [0.25, 0.3) is 0 Å². The molecule has 1 unspecified atom stereocenters. The highest BCUT2D eigenvalue weighted by atomic mass is 32.1. The minimum Gasteiger partial charge on any atom is -0.481 e. The van der Waals surface area contributed by atoms with Gasteiger partial charge in [0.05, 0.1) is 11.2 Å². The first kappa shape index (κ1) is 12.0. The molecule has 1 aromatic rings. The van der Waals surface area contributed by atoms with Crippen molar-refractivity contribution in [2.24, 2.45) is 5.92 Å². The highest BCUT2D eigenvalue weighted by Crippen LogP contribution is 2.23. The Morgan fingerprint density at radius 2 is 2.41 bits per heavy atom.